The number of nitrogens with zero attached hydrogens (tertiary/aromatic N) is 2. The molecule has 4 nitrogen and oxygen atoms in total. The molecule has 2 aromatic rings. The zero-order chi connectivity index (χ0) is 13.7. The van der Waals surface area contributed by atoms with Gasteiger partial charge in [-0.2, -0.15) is 5.10 Å². The van der Waals surface area contributed by atoms with Crippen LogP contribution in [0, 0.1) is 0 Å². The Kier molecular flexibility index (Phi) is 4.80. The summed E-state index contributed by atoms with van der Waals surface area (Å²) < 4.78 is 7.93. The number of rotatable bonds is 7. The molecule has 2 rings (SSSR count). The first-order valence-electron chi connectivity index (χ1n) is 7.13. The SMILES string of the molecule is CCCNC(c1ccc(CC)o1)c1ccnn1CC. The van der Waals surface area contributed by atoms with E-state index in [9.17, 15) is 0 Å². The van der Waals surface area contributed by atoms with E-state index in [0.717, 1.165) is 43.1 Å². The number of aryl methyl sites for hydroxylation is 2. The van der Waals surface area contributed by atoms with Crippen molar-refractivity contribution in [2.45, 2.75) is 46.2 Å². The van der Waals surface area contributed by atoms with E-state index in [-0.39, 0.29) is 6.04 Å². The van der Waals surface area contributed by atoms with Gasteiger partial charge in [-0.3, -0.25) is 4.68 Å². The van der Waals surface area contributed by atoms with Gasteiger partial charge in [-0.05, 0) is 38.1 Å². The summed E-state index contributed by atoms with van der Waals surface area (Å²) in [7, 11) is 0. The van der Waals surface area contributed by atoms with Gasteiger partial charge >= 0.3 is 0 Å². The minimum Gasteiger partial charge on any atom is -0.464 e. The maximum atomic E-state index is 5.91. The Balaban J connectivity index is 2.29. The lowest BCUT2D eigenvalue weighted by Gasteiger charge is -2.17. The van der Waals surface area contributed by atoms with Gasteiger partial charge in [-0.15, -0.1) is 0 Å². The van der Waals surface area contributed by atoms with E-state index in [2.05, 4.69) is 49.4 Å². The molecule has 1 N–H and O–H groups in total. The summed E-state index contributed by atoms with van der Waals surface area (Å²) in [6.45, 7) is 8.21. The fourth-order valence-corrected chi connectivity index (χ4v) is 2.23. The molecule has 0 bridgehead atoms. The van der Waals surface area contributed by atoms with E-state index < -0.39 is 0 Å². The van der Waals surface area contributed by atoms with Crippen LogP contribution < -0.4 is 5.32 Å². The molecule has 2 heterocycles. The van der Waals surface area contributed by atoms with Gasteiger partial charge in [0.05, 0.1) is 5.69 Å². The molecule has 1 atom stereocenters. The molecule has 0 fully saturated rings. The number of furan rings is 1. The predicted octanol–water partition coefficient (Wildman–Crippen LogP) is 3.15. The Morgan fingerprint density at radius 1 is 1.26 bits per heavy atom. The van der Waals surface area contributed by atoms with Crippen molar-refractivity contribution in [2.75, 3.05) is 6.54 Å². The molecule has 0 aromatic carbocycles. The molecule has 4 heteroatoms. The van der Waals surface area contributed by atoms with Crippen LogP contribution >= 0.6 is 0 Å². The molecule has 19 heavy (non-hydrogen) atoms. The smallest absolute Gasteiger partial charge is 0.127 e. The van der Waals surface area contributed by atoms with Crippen LogP contribution in [0.4, 0.5) is 0 Å². The van der Waals surface area contributed by atoms with Gasteiger partial charge in [-0.1, -0.05) is 13.8 Å². The normalized spacial score (nSPS) is 12.8. The second-order valence-corrected chi connectivity index (χ2v) is 4.62. The number of hydrogen-bond acceptors (Lipinski definition) is 3. The number of aromatic nitrogens is 2. The zero-order valence-corrected chi connectivity index (χ0v) is 12.0. The minimum atomic E-state index is 0.0858. The average molecular weight is 261 g/mol. The lowest BCUT2D eigenvalue weighted by Crippen LogP contribution is -2.25. The monoisotopic (exact) mass is 261 g/mol. The van der Waals surface area contributed by atoms with Gasteiger partial charge in [0.1, 0.15) is 17.6 Å². The van der Waals surface area contributed by atoms with Gasteiger partial charge in [0, 0.05) is 19.2 Å². The predicted molar refractivity (Wildman–Crippen MR) is 76.1 cm³/mol. The van der Waals surface area contributed by atoms with E-state index in [0.29, 0.717) is 0 Å². The Morgan fingerprint density at radius 3 is 2.74 bits per heavy atom. The summed E-state index contributed by atoms with van der Waals surface area (Å²) >= 11 is 0. The first kappa shape index (κ1) is 13.9. The summed E-state index contributed by atoms with van der Waals surface area (Å²) in [5, 5.41) is 7.90. The van der Waals surface area contributed by atoms with Crippen molar-refractivity contribution in [2.24, 2.45) is 0 Å². The Labute approximate surface area is 114 Å². The summed E-state index contributed by atoms with van der Waals surface area (Å²) in [5.41, 5.74) is 1.16. The summed E-state index contributed by atoms with van der Waals surface area (Å²) in [6.07, 6.45) is 3.87. The van der Waals surface area contributed by atoms with Gasteiger partial charge in [0.25, 0.3) is 0 Å². The summed E-state index contributed by atoms with van der Waals surface area (Å²) in [4.78, 5) is 0. The molecule has 0 aliphatic rings. The van der Waals surface area contributed by atoms with Crippen LogP contribution in [0.25, 0.3) is 0 Å². The van der Waals surface area contributed by atoms with Gasteiger partial charge < -0.3 is 9.73 Å². The van der Waals surface area contributed by atoms with Crippen molar-refractivity contribution in [3.63, 3.8) is 0 Å². The highest BCUT2D eigenvalue weighted by atomic mass is 16.3. The molecule has 0 aliphatic carbocycles. The summed E-state index contributed by atoms with van der Waals surface area (Å²) in [6, 6.07) is 6.27. The third-order valence-electron chi connectivity index (χ3n) is 3.26. The van der Waals surface area contributed by atoms with Crippen LogP contribution in [0.2, 0.25) is 0 Å². The fourth-order valence-electron chi connectivity index (χ4n) is 2.23. The molecular formula is C15H23N3O. The van der Waals surface area contributed by atoms with E-state index in [1.54, 1.807) is 0 Å². The molecular weight excluding hydrogens is 238 g/mol. The highest BCUT2D eigenvalue weighted by Crippen LogP contribution is 2.24. The third kappa shape index (κ3) is 3.07. The molecule has 104 valence electrons. The van der Waals surface area contributed by atoms with E-state index >= 15 is 0 Å². The minimum absolute atomic E-state index is 0.0858. The topological polar surface area (TPSA) is 43.0 Å². The zero-order valence-electron chi connectivity index (χ0n) is 12.0. The van der Waals surface area contributed by atoms with Crippen LogP contribution in [0.15, 0.2) is 28.8 Å². The van der Waals surface area contributed by atoms with E-state index in [1.807, 2.05) is 10.9 Å². The first-order chi connectivity index (χ1) is 9.30. The molecule has 0 radical (unpaired) electrons. The molecule has 0 saturated heterocycles. The van der Waals surface area contributed by atoms with Crippen molar-refractivity contribution in [1.29, 1.82) is 0 Å². The van der Waals surface area contributed by atoms with Gasteiger partial charge in [0.15, 0.2) is 0 Å². The molecule has 1 unspecified atom stereocenters. The quantitative estimate of drug-likeness (QED) is 0.832. The third-order valence-corrected chi connectivity index (χ3v) is 3.26. The highest BCUT2D eigenvalue weighted by Gasteiger charge is 2.20. The largest absolute Gasteiger partial charge is 0.464 e. The Hall–Kier alpha value is -1.55. The fraction of sp³-hybridized carbons (Fsp3) is 0.533. The van der Waals surface area contributed by atoms with Crippen LogP contribution in [0.3, 0.4) is 0 Å². The van der Waals surface area contributed by atoms with Gasteiger partial charge in [-0.25, -0.2) is 0 Å². The van der Waals surface area contributed by atoms with Gasteiger partial charge in [0.2, 0.25) is 0 Å². The lowest BCUT2D eigenvalue weighted by atomic mass is 10.1. The van der Waals surface area contributed by atoms with Crippen molar-refractivity contribution >= 4 is 0 Å². The van der Waals surface area contributed by atoms with Crippen LogP contribution in [-0.2, 0) is 13.0 Å². The Morgan fingerprint density at radius 2 is 2.11 bits per heavy atom. The highest BCUT2D eigenvalue weighted by molar-refractivity contribution is 5.21. The standard InChI is InChI=1S/C15H23N3O/c1-4-10-16-15(13-9-11-17-18(13)6-3)14-8-7-12(5-2)19-14/h7-9,11,15-16H,4-6,10H2,1-3H3. The van der Waals surface area contributed by atoms with Crippen molar-refractivity contribution in [3.8, 4) is 0 Å². The lowest BCUT2D eigenvalue weighted by molar-refractivity contribution is 0.407. The second kappa shape index (κ2) is 6.57. The van der Waals surface area contributed by atoms with E-state index in [1.165, 1.54) is 0 Å². The molecule has 0 spiro atoms. The first-order valence-corrected chi connectivity index (χ1v) is 7.13. The number of nitrogens with one attached hydrogen (secondary N) is 1. The second-order valence-electron chi connectivity index (χ2n) is 4.62. The van der Waals surface area contributed by atoms with Crippen molar-refractivity contribution in [1.82, 2.24) is 15.1 Å². The maximum absolute atomic E-state index is 5.91. The van der Waals surface area contributed by atoms with Crippen molar-refractivity contribution in [3.05, 3.63) is 41.6 Å². The van der Waals surface area contributed by atoms with Crippen LogP contribution in [0.1, 0.15) is 50.4 Å². The maximum Gasteiger partial charge on any atom is 0.127 e. The summed E-state index contributed by atoms with van der Waals surface area (Å²) in [5.74, 6) is 2.00. The Bertz CT molecular complexity index is 501. The van der Waals surface area contributed by atoms with Crippen LogP contribution in [0.5, 0.6) is 0 Å². The molecule has 0 amide bonds. The molecule has 0 saturated carbocycles. The van der Waals surface area contributed by atoms with Crippen molar-refractivity contribution < 1.29 is 4.42 Å². The average Bonchev–Trinajstić information content (AvgIpc) is 3.08. The van der Waals surface area contributed by atoms with Crippen LogP contribution in [-0.4, -0.2) is 16.3 Å². The number of hydrogen-bond donors (Lipinski definition) is 1. The molecule has 0 aliphatic heterocycles. The molecule has 2 aromatic heterocycles. The van der Waals surface area contributed by atoms with E-state index in [4.69, 9.17) is 4.42 Å².